The van der Waals surface area contributed by atoms with Gasteiger partial charge in [0.25, 0.3) is 0 Å². The molecule has 5 nitrogen and oxygen atoms in total. The molecule has 3 rings (SSSR count). The van der Waals surface area contributed by atoms with Crippen LogP contribution in [0.5, 0.6) is 5.88 Å². The topological polar surface area (TPSA) is 51.1 Å². The van der Waals surface area contributed by atoms with Gasteiger partial charge in [-0.3, -0.25) is 4.90 Å². The van der Waals surface area contributed by atoms with E-state index in [4.69, 9.17) is 4.74 Å². The van der Waals surface area contributed by atoms with E-state index >= 15 is 0 Å². The summed E-state index contributed by atoms with van der Waals surface area (Å²) in [6.45, 7) is 5.34. The molecule has 0 spiro atoms. The number of ether oxygens (including phenoxy) is 1. The van der Waals surface area contributed by atoms with Crippen molar-refractivity contribution in [2.45, 2.75) is 31.6 Å². The molecule has 0 aliphatic carbocycles. The normalized spacial score (nSPS) is 14.6. The number of nitrogens with zero attached hydrogens (tertiary/aromatic N) is 4. The average molecular weight is 316 g/mol. The van der Waals surface area contributed by atoms with Gasteiger partial charge >= 0.3 is 0 Å². The van der Waals surface area contributed by atoms with Crippen molar-refractivity contribution >= 4 is 11.8 Å². The molecule has 0 saturated heterocycles. The van der Waals surface area contributed by atoms with Gasteiger partial charge in [0.2, 0.25) is 5.88 Å². The van der Waals surface area contributed by atoms with Gasteiger partial charge in [0.15, 0.2) is 5.16 Å². The van der Waals surface area contributed by atoms with Crippen LogP contribution in [0.2, 0.25) is 0 Å². The first-order valence-corrected chi connectivity index (χ1v) is 8.70. The average Bonchev–Trinajstić information content (AvgIpc) is 2.56. The van der Waals surface area contributed by atoms with E-state index in [0.717, 1.165) is 42.7 Å². The van der Waals surface area contributed by atoms with Crippen LogP contribution in [0.25, 0.3) is 0 Å². The first-order chi connectivity index (χ1) is 10.8. The number of rotatable bonds is 5. The van der Waals surface area contributed by atoms with E-state index < -0.39 is 0 Å². The fraction of sp³-hybridized carbons (Fsp3) is 0.438. The van der Waals surface area contributed by atoms with Crippen molar-refractivity contribution in [1.29, 1.82) is 0 Å². The Kier molecular flexibility index (Phi) is 4.90. The van der Waals surface area contributed by atoms with Crippen molar-refractivity contribution in [3.63, 3.8) is 0 Å². The first kappa shape index (κ1) is 15.2. The van der Waals surface area contributed by atoms with Gasteiger partial charge < -0.3 is 4.74 Å². The highest BCUT2D eigenvalue weighted by Crippen LogP contribution is 2.23. The number of hydrogen-bond donors (Lipinski definition) is 0. The van der Waals surface area contributed by atoms with E-state index in [1.807, 2.05) is 25.4 Å². The van der Waals surface area contributed by atoms with Crippen molar-refractivity contribution in [1.82, 2.24) is 19.9 Å². The maximum atomic E-state index is 5.61. The van der Waals surface area contributed by atoms with Crippen LogP contribution < -0.4 is 4.74 Å². The van der Waals surface area contributed by atoms with Gasteiger partial charge in [-0.05, 0) is 19.2 Å². The molecule has 0 N–H and O–H groups in total. The highest BCUT2D eigenvalue weighted by atomic mass is 32.2. The lowest BCUT2D eigenvalue weighted by Gasteiger charge is -2.28. The Hall–Kier alpha value is -1.66. The first-order valence-electron chi connectivity index (χ1n) is 7.48. The quantitative estimate of drug-likeness (QED) is 0.624. The summed E-state index contributed by atoms with van der Waals surface area (Å²) in [4.78, 5) is 15.7. The highest BCUT2D eigenvalue weighted by Gasteiger charge is 2.19. The Labute approximate surface area is 135 Å². The summed E-state index contributed by atoms with van der Waals surface area (Å²) in [7, 11) is 0. The minimum absolute atomic E-state index is 0.637. The maximum absolute atomic E-state index is 5.61. The van der Waals surface area contributed by atoms with E-state index in [-0.39, 0.29) is 0 Å². The summed E-state index contributed by atoms with van der Waals surface area (Å²) >= 11 is 1.59. The van der Waals surface area contributed by atoms with Gasteiger partial charge in [-0.15, -0.1) is 0 Å². The van der Waals surface area contributed by atoms with E-state index in [9.17, 15) is 0 Å². The third-order valence-electron chi connectivity index (χ3n) is 3.70. The molecule has 0 atom stereocenters. The number of fused-ring (bicyclic) bond motifs is 1. The smallest absolute Gasteiger partial charge is 0.217 e. The van der Waals surface area contributed by atoms with Gasteiger partial charge in [-0.25, -0.2) is 15.0 Å². The third kappa shape index (κ3) is 3.39. The molecule has 0 unspecified atom stereocenters. The van der Waals surface area contributed by atoms with Crippen molar-refractivity contribution < 1.29 is 4.74 Å². The largest absolute Gasteiger partial charge is 0.478 e. The molecule has 3 heterocycles. The van der Waals surface area contributed by atoms with Gasteiger partial charge in [-0.1, -0.05) is 17.8 Å². The Bertz CT molecular complexity index is 650. The molecule has 0 saturated carbocycles. The van der Waals surface area contributed by atoms with Crippen LogP contribution in [0.3, 0.4) is 0 Å². The zero-order valence-corrected chi connectivity index (χ0v) is 13.8. The van der Waals surface area contributed by atoms with Crippen molar-refractivity contribution in [3.05, 3.63) is 41.3 Å². The SMILES string of the molecule is CCOc1ncccc1CN1CCc2nc(SC)ncc2C1. The molecule has 0 amide bonds. The lowest BCUT2D eigenvalue weighted by Crippen LogP contribution is -2.31. The zero-order valence-electron chi connectivity index (χ0n) is 13.0. The van der Waals surface area contributed by atoms with Crippen LogP contribution in [-0.4, -0.2) is 39.3 Å². The standard InChI is InChI=1S/C16H20N4OS/c1-3-21-15-12(5-4-7-17-15)10-20-8-6-14-13(11-20)9-18-16(19-14)22-2/h4-5,7,9H,3,6,8,10-11H2,1-2H3. The Balaban J connectivity index is 1.73. The second-order valence-electron chi connectivity index (χ2n) is 5.19. The van der Waals surface area contributed by atoms with E-state index in [0.29, 0.717) is 6.61 Å². The van der Waals surface area contributed by atoms with Crippen molar-refractivity contribution in [2.24, 2.45) is 0 Å². The Morgan fingerprint density at radius 2 is 2.27 bits per heavy atom. The minimum Gasteiger partial charge on any atom is -0.478 e. The summed E-state index contributed by atoms with van der Waals surface area (Å²) < 4.78 is 5.61. The van der Waals surface area contributed by atoms with Gasteiger partial charge in [0.1, 0.15) is 0 Å². The predicted molar refractivity (Wildman–Crippen MR) is 87.0 cm³/mol. The zero-order chi connectivity index (χ0) is 15.4. The highest BCUT2D eigenvalue weighted by molar-refractivity contribution is 7.98. The molecule has 0 fully saturated rings. The molecule has 2 aromatic heterocycles. The number of aromatic nitrogens is 3. The lowest BCUT2D eigenvalue weighted by atomic mass is 10.1. The molecule has 6 heteroatoms. The molecule has 2 aromatic rings. The second-order valence-corrected chi connectivity index (χ2v) is 5.96. The van der Waals surface area contributed by atoms with Crippen LogP contribution in [-0.2, 0) is 19.5 Å². The van der Waals surface area contributed by atoms with Gasteiger partial charge in [0.05, 0.1) is 12.3 Å². The molecule has 22 heavy (non-hydrogen) atoms. The van der Waals surface area contributed by atoms with Crippen LogP contribution >= 0.6 is 11.8 Å². The van der Waals surface area contributed by atoms with E-state index in [1.54, 1.807) is 18.0 Å². The second kappa shape index (κ2) is 7.07. The molecular formula is C16H20N4OS. The molecule has 0 radical (unpaired) electrons. The fourth-order valence-electron chi connectivity index (χ4n) is 2.64. The summed E-state index contributed by atoms with van der Waals surface area (Å²) in [5, 5.41) is 0.859. The number of pyridine rings is 1. The summed E-state index contributed by atoms with van der Waals surface area (Å²) in [6, 6.07) is 4.05. The summed E-state index contributed by atoms with van der Waals surface area (Å²) in [5.74, 6) is 0.741. The van der Waals surface area contributed by atoms with Crippen molar-refractivity contribution in [2.75, 3.05) is 19.4 Å². The molecule has 0 bridgehead atoms. The Morgan fingerprint density at radius 3 is 3.09 bits per heavy atom. The molecule has 116 valence electrons. The fourth-order valence-corrected chi connectivity index (χ4v) is 3.00. The van der Waals surface area contributed by atoms with Gasteiger partial charge in [0, 0.05) is 49.6 Å². The van der Waals surface area contributed by atoms with Crippen LogP contribution in [0.15, 0.2) is 29.7 Å². The number of hydrogen-bond acceptors (Lipinski definition) is 6. The third-order valence-corrected chi connectivity index (χ3v) is 4.26. The van der Waals surface area contributed by atoms with Crippen LogP contribution in [0.1, 0.15) is 23.7 Å². The van der Waals surface area contributed by atoms with Crippen molar-refractivity contribution in [3.8, 4) is 5.88 Å². The van der Waals surface area contributed by atoms with E-state index in [1.165, 1.54) is 11.3 Å². The predicted octanol–water partition coefficient (Wildman–Crippen LogP) is 2.55. The van der Waals surface area contributed by atoms with Gasteiger partial charge in [-0.2, -0.15) is 0 Å². The molecule has 1 aliphatic heterocycles. The molecule has 0 aromatic carbocycles. The number of thioether (sulfide) groups is 1. The maximum Gasteiger partial charge on any atom is 0.217 e. The van der Waals surface area contributed by atoms with Crippen LogP contribution in [0.4, 0.5) is 0 Å². The molecule has 1 aliphatic rings. The van der Waals surface area contributed by atoms with E-state index in [2.05, 4.69) is 25.9 Å². The minimum atomic E-state index is 0.637. The van der Waals surface area contributed by atoms with Crippen LogP contribution in [0, 0.1) is 0 Å². The Morgan fingerprint density at radius 1 is 1.36 bits per heavy atom. The summed E-state index contributed by atoms with van der Waals surface area (Å²) in [5.41, 5.74) is 3.55. The summed E-state index contributed by atoms with van der Waals surface area (Å²) in [6.07, 6.45) is 6.72. The molecular weight excluding hydrogens is 296 g/mol. The lowest BCUT2D eigenvalue weighted by molar-refractivity contribution is 0.234. The monoisotopic (exact) mass is 316 g/mol.